The van der Waals surface area contributed by atoms with Gasteiger partial charge in [0.25, 0.3) is 5.91 Å². The Kier molecular flexibility index (Phi) is 4.70. The van der Waals surface area contributed by atoms with E-state index in [1.54, 1.807) is 24.4 Å². The van der Waals surface area contributed by atoms with Gasteiger partial charge in [0.2, 0.25) is 10.0 Å². The number of anilines is 1. The molecule has 0 saturated carbocycles. The average Bonchev–Trinajstić information content (AvgIpc) is 3.25. The minimum atomic E-state index is -3.65. The van der Waals surface area contributed by atoms with Gasteiger partial charge in [0.1, 0.15) is 5.75 Å². The number of hydrogen-bond donors (Lipinski definition) is 2. The van der Waals surface area contributed by atoms with Crippen LogP contribution in [0.2, 0.25) is 0 Å². The van der Waals surface area contributed by atoms with Gasteiger partial charge in [-0.05, 0) is 49.2 Å². The Morgan fingerprint density at radius 2 is 1.71 bits per heavy atom. The first kappa shape index (κ1) is 18.3. The fourth-order valence-electron chi connectivity index (χ4n) is 3.15. The van der Waals surface area contributed by atoms with E-state index in [4.69, 9.17) is 0 Å². The predicted octanol–water partition coefficient (Wildman–Crippen LogP) is 2.37. The van der Waals surface area contributed by atoms with E-state index in [9.17, 15) is 18.3 Å². The summed E-state index contributed by atoms with van der Waals surface area (Å²) in [7, 11) is -3.65. The van der Waals surface area contributed by atoms with E-state index >= 15 is 0 Å². The van der Waals surface area contributed by atoms with Crippen LogP contribution < -0.4 is 5.32 Å². The van der Waals surface area contributed by atoms with E-state index in [0.717, 1.165) is 12.8 Å². The molecular weight excluding hydrogens is 380 g/mol. The first-order valence-corrected chi connectivity index (χ1v) is 10.2. The third-order valence-corrected chi connectivity index (χ3v) is 6.55. The van der Waals surface area contributed by atoms with Gasteiger partial charge in [0.05, 0.1) is 21.6 Å². The number of aromatic hydroxyl groups is 1. The van der Waals surface area contributed by atoms with Crippen LogP contribution in [0.15, 0.2) is 53.7 Å². The highest BCUT2D eigenvalue weighted by Crippen LogP contribution is 2.29. The van der Waals surface area contributed by atoms with Gasteiger partial charge in [-0.2, -0.15) is 4.31 Å². The smallest absolute Gasteiger partial charge is 0.255 e. The Balaban J connectivity index is 1.62. The molecule has 1 aromatic heterocycles. The number of phenols is 1. The molecule has 3 aromatic rings. The van der Waals surface area contributed by atoms with E-state index in [1.807, 2.05) is 0 Å². The van der Waals surface area contributed by atoms with Crippen molar-refractivity contribution < 1.29 is 18.3 Å². The van der Waals surface area contributed by atoms with Crippen molar-refractivity contribution in [3.63, 3.8) is 0 Å². The van der Waals surface area contributed by atoms with Crippen molar-refractivity contribution >= 4 is 32.7 Å². The van der Waals surface area contributed by atoms with Crippen molar-refractivity contribution in [1.82, 2.24) is 14.3 Å². The Bertz CT molecular complexity index is 1160. The largest absolute Gasteiger partial charge is 0.506 e. The van der Waals surface area contributed by atoms with Crippen molar-refractivity contribution in [2.24, 2.45) is 0 Å². The minimum Gasteiger partial charge on any atom is -0.506 e. The number of nitrogens with zero attached hydrogens (tertiary/aromatic N) is 3. The van der Waals surface area contributed by atoms with Gasteiger partial charge >= 0.3 is 0 Å². The minimum absolute atomic E-state index is 0.0320. The van der Waals surface area contributed by atoms with Gasteiger partial charge in [-0.1, -0.05) is 0 Å². The molecule has 0 bridgehead atoms. The van der Waals surface area contributed by atoms with Crippen molar-refractivity contribution in [2.75, 3.05) is 18.4 Å². The number of nitrogens with one attached hydrogen (secondary N) is 1. The van der Waals surface area contributed by atoms with Crippen LogP contribution in [0.1, 0.15) is 23.2 Å². The summed E-state index contributed by atoms with van der Waals surface area (Å²) >= 11 is 0. The molecule has 0 spiro atoms. The third-order valence-electron chi connectivity index (χ3n) is 4.65. The average molecular weight is 398 g/mol. The summed E-state index contributed by atoms with van der Waals surface area (Å²) in [5.41, 5.74) is 1.56. The number of benzene rings is 2. The number of carbonyl (C=O) groups excluding carboxylic acids is 1. The van der Waals surface area contributed by atoms with Gasteiger partial charge in [-0.15, -0.1) is 0 Å². The van der Waals surface area contributed by atoms with Crippen molar-refractivity contribution in [3.05, 3.63) is 54.4 Å². The summed E-state index contributed by atoms with van der Waals surface area (Å²) in [5.74, 6) is -0.701. The summed E-state index contributed by atoms with van der Waals surface area (Å²) in [4.78, 5) is 20.9. The first-order chi connectivity index (χ1) is 13.4. The van der Waals surface area contributed by atoms with E-state index in [2.05, 4.69) is 15.3 Å². The predicted molar refractivity (Wildman–Crippen MR) is 104 cm³/mol. The number of carbonyl (C=O) groups is 1. The Morgan fingerprint density at radius 1 is 1.00 bits per heavy atom. The molecule has 0 unspecified atom stereocenters. The molecule has 2 heterocycles. The first-order valence-electron chi connectivity index (χ1n) is 8.80. The van der Waals surface area contributed by atoms with Crippen molar-refractivity contribution in [3.8, 4) is 5.75 Å². The highest BCUT2D eigenvalue weighted by atomic mass is 32.2. The fraction of sp³-hybridized carbons (Fsp3) is 0.211. The number of amides is 1. The van der Waals surface area contributed by atoms with Crippen molar-refractivity contribution in [1.29, 1.82) is 0 Å². The summed E-state index contributed by atoms with van der Waals surface area (Å²) in [6.07, 6.45) is 4.74. The lowest BCUT2D eigenvalue weighted by Crippen LogP contribution is -2.28. The molecule has 4 rings (SSSR count). The molecule has 9 heteroatoms. The summed E-state index contributed by atoms with van der Waals surface area (Å²) < 4.78 is 26.8. The standard InChI is InChI=1S/C19H18N4O4S/c24-18-6-4-14(28(26,27)23-9-1-2-10-23)12-17(18)22-19(25)13-3-5-15-16(11-13)21-8-7-20-15/h3-8,11-12,24H,1-2,9-10H2,(H,22,25). The van der Waals surface area contributed by atoms with Crippen LogP contribution >= 0.6 is 0 Å². The highest BCUT2D eigenvalue weighted by molar-refractivity contribution is 7.89. The number of hydrogen-bond acceptors (Lipinski definition) is 6. The molecule has 1 aliphatic heterocycles. The second kappa shape index (κ2) is 7.17. The van der Waals surface area contributed by atoms with Gasteiger partial charge in [0, 0.05) is 31.0 Å². The molecule has 0 aliphatic carbocycles. The normalized spacial score (nSPS) is 15.0. The van der Waals surface area contributed by atoms with Crippen LogP contribution in [0.25, 0.3) is 11.0 Å². The SMILES string of the molecule is O=C(Nc1cc(S(=O)(=O)N2CCCC2)ccc1O)c1ccc2nccnc2c1. The maximum atomic E-state index is 12.7. The lowest BCUT2D eigenvalue weighted by molar-refractivity contribution is 0.102. The molecule has 0 radical (unpaired) electrons. The van der Waals surface area contributed by atoms with Gasteiger partial charge in [-0.3, -0.25) is 14.8 Å². The van der Waals surface area contributed by atoms with E-state index < -0.39 is 15.9 Å². The zero-order valence-corrected chi connectivity index (χ0v) is 15.7. The Hall–Kier alpha value is -3.04. The van der Waals surface area contributed by atoms with Crippen LogP contribution in [0.4, 0.5) is 5.69 Å². The number of rotatable bonds is 4. The lowest BCUT2D eigenvalue weighted by Gasteiger charge is -2.16. The fourth-order valence-corrected chi connectivity index (χ4v) is 4.70. The highest BCUT2D eigenvalue weighted by Gasteiger charge is 2.28. The van der Waals surface area contributed by atoms with Crippen LogP contribution in [0, 0.1) is 0 Å². The van der Waals surface area contributed by atoms with E-state index in [1.165, 1.54) is 28.7 Å². The molecular formula is C19H18N4O4S. The number of aromatic nitrogens is 2. The van der Waals surface area contributed by atoms with Crippen LogP contribution in [0.5, 0.6) is 5.75 Å². The molecule has 1 fully saturated rings. The molecule has 28 heavy (non-hydrogen) atoms. The molecule has 2 N–H and O–H groups in total. The molecule has 2 aromatic carbocycles. The summed E-state index contributed by atoms with van der Waals surface area (Å²) in [5, 5.41) is 12.7. The molecule has 8 nitrogen and oxygen atoms in total. The van der Waals surface area contributed by atoms with Crippen LogP contribution in [-0.2, 0) is 10.0 Å². The molecule has 1 aliphatic rings. The second-order valence-corrected chi connectivity index (χ2v) is 8.44. The van der Waals surface area contributed by atoms with E-state index in [0.29, 0.717) is 29.7 Å². The summed E-state index contributed by atoms with van der Waals surface area (Å²) in [6, 6.07) is 8.73. The van der Waals surface area contributed by atoms with Gasteiger partial charge < -0.3 is 10.4 Å². The lowest BCUT2D eigenvalue weighted by atomic mass is 10.1. The number of fused-ring (bicyclic) bond motifs is 1. The monoisotopic (exact) mass is 398 g/mol. The zero-order chi connectivity index (χ0) is 19.7. The van der Waals surface area contributed by atoms with Crippen molar-refractivity contribution in [2.45, 2.75) is 17.7 Å². The third kappa shape index (κ3) is 3.41. The Labute approximate surface area is 161 Å². The molecule has 1 amide bonds. The molecule has 1 saturated heterocycles. The topological polar surface area (TPSA) is 112 Å². The van der Waals surface area contributed by atoms with Gasteiger partial charge in [-0.25, -0.2) is 8.42 Å². The van der Waals surface area contributed by atoms with Crippen LogP contribution in [0.3, 0.4) is 0 Å². The quantitative estimate of drug-likeness (QED) is 0.653. The Morgan fingerprint density at radius 3 is 2.46 bits per heavy atom. The molecule has 144 valence electrons. The zero-order valence-electron chi connectivity index (χ0n) is 14.9. The summed E-state index contributed by atoms with van der Waals surface area (Å²) in [6.45, 7) is 0.950. The maximum absolute atomic E-state index is 12.7. The second-order valence-electron chi connectivity index (χ2n) is 6.50. The van der Waals surface area contributed by atoms with E-state index in [-0.39, 0.29) is 16.3 Å². The van der Waals surface area contributed by atoms with Crippen LogP contribution in [-0.4, -0.2) is 46.8 Å². The maximum Gasteiger partial charge on any atom is 0.255 e. The number of sulfonamides is 1. The molecule has 0 atom stereocenters. The number of phenolic OH excluding ortho intramolecular Hbond substituents is 1. The van der Waals surface area contributed by atoms with Gasteiger partial charge in [0.15, 0.2) is 0 Å².